The molecule has 1 aromatic heterocycles. The smallest absolute Gasteiger partial charge is 0.222 e. The molecule has 0 fully saturated rings. The predicted octanol–water partition coefficient (Wildman–Crippen LogP) is 1.68. The molecule has 0 aliphatic carbocycles. The molecule has 2 rings (SSSR count). The molecule has 0 saturated carbocycles. The molecular formula is C15H18N2O3. The Morgan fingerprint density at radius 2 is 2.10 bits per heavy atom. The zero-order valence-electron chi connectivity index (χ0n) is 11.6. The summed E-state index contributed by atoms with van der Waals surface area (Å²) >= 11 is 0. The van der Waals surface area contributed by atoms with Crippen molar-refractivity contribution in [2.45, 2.75) is 26.7 Å². The highest BCUT2D eigenvalue weighted by molar-refractivity contribution is 5.98. The van der Waals surface area contributed by atoms with Crippen LogP contribution >= 0.6 is 0 Å². The molecule has 0 radical (unpaired) electrons. The number of Topliss-reactive ketones (excluding diaryl/α,β-unsaturated/α-hetero) is 1. The maximum Gasteiger partial charge on any atom is 0.222 e. The lowest BCUT2D eigenvalue weighted by molar-refractivity contribution is -0.122. The number of carbonyl (C=O) groups excluding carboxylic acids is 2. The van der Waals surface area contributed by atoms with Gasteiger partial charge in [0.2, 0.25) is 5.91 Å². The molecule has 0 unspecified atom stereocenters. The van der Waals surface area contributed by atoms with Crippen LogP contribution in [0.4, 0.5) is 0 Å². The third kappa shape index (κ3) is 2.88. The largest absolute Gasteiger partial charge is 0.377 e. The van der Waals surface area contributed by atoms with Gasteiger partial charge in [-0.1, -0.05) is 12.1 Å². The molecule has 20 heavy (non-hydrogen) atoms. The van der Waals surface area contributed by atoms with Gasteiger partial charge in [-0.3, -0.25) is 9.59 Å². The van der Waals surface area contributed by atoms with E-state index in [-0.39, 0.29) is 18.4 Å². The Kier molecular flexibility index (Phi) is 4.20. The summed E-state index contributed by atoms with van der Waals surface area (Å²) in [6.07, 6.45) is 0.884. The van der Waals surface area contributed by atoms with Gasteiger partial charge in [0.05, 0.1) is 0 Å². The number of ketones is 1. The van der Waals surface area contributed by atoms with Crippen LogP contribution in [0.2, 0.25) is 0 Å². The minimum absolute atomic E-state index is 0.0306. The van der Waals surface area contributed by atoms with Gasteiger partial charge in [0.1, 0.15) is 6.73 Å². The molecule has 0 spiro atoms. The van der Waals surface area contributed by atoms with Crippen LogP contribution in [0, 0.1) is 6.92 Å². The monoisotopic (exact) mass is 274 g/mol. The van der Waals surface area contributed by atoms with Crippen LogP contribution in [-0.4, -0.2) is 28.5 Å². The van der Waals surface area contributed by atoms with E-state index in [2.05, 4.69) is 10.3 Å². The van der Waals surface area contributed by atoms with Crippen LogP contribution in [0.1, 0.15) is 35.0 Å². The van der Waals surface area contributed by atoms with E-state index in [1.54, 1.807) is 0 Å². The Morgan fingerprint density at radius 3 is 2.75 bits per heavy atom. The lowest BCUT2D eigenvalue weighted by Crippen LogP contribution is -2.24. The zero-order valence-corrected chi connectivity index (χ0v) is 11.6. The van der Waals surface area contributed by atoms with Crippen molar-refractivity contribution in [2.75, 3.05) is 6.73 Å². The third-order valence-corrected chi connectivity index (χ3v) is 3.45. The highest BCUT2D eigenvalue weighted by atomic mass is 16.3. The van der Waals surface area contributed by atoms with Crippen LogP contribution < -0.4 is 5.32 Å². The quantitative estimate of drug-likeness (QED) is 0.573. The van der Waals surface area contributed by atoms with Crippen molar-refractivity contribution < 1.29 is 14.7 Å². The molecular weight excluding hydrogens is 256 g/mol. The second-order valence-corrected chi connectivity index (χ2v) is 4.80. The maximum absolute atomic E-state index is 11.4. The standard InChI is InChI=1S/C15H18N2O3/c1-9-12-4-3-11(10(2)19)7-14(12)17-13(9)5-6-15(20)16-8-18/h3-4,7,17-18H,5-6,8H2,1-2H3,(H,16,20). The zero-order chi connectivity index (χ0) is 14.7. The number of carbonyl (C=O) groups is 2. The summed E-state index contributed by atoms with van der Waals surface area (Å²) in [7, 11) is 0. The number of amides is 1. The average molecular weight is 274 g/mol. The Hall–Kier alpha value is -2.14. The maximum atomic E-state index is 11.4. The van der Waals surface area contributed by atoms with E-state index in [0.29, 0.717) is 18.4 Å². The van der Waals surface area contributed by atoms with E-state index < -0.39 is 0 Å². The van der Waals surface area contributed by atoms with E-state index >= 15 is 0 Å². The van der Waals surface area contributed by atoms with Crippen molar-refractivity contribution >= 4 is 22.6 Å². The van der Waals surface area contributed by atoms with Crippen molar-refractivity contribution in [1.29, 1.82) is 0 Å². The molecule has 1 aromatic carbocycles. The number of aryl methyl sites for hydroxylation is 2. The average Bonchev–Trinajstić information content (AvgIpc) is 2.73. The van der Waals surface area contributed by atoms with Gasteiger partial charge in [-0.05, 0) is 31.9 Å². The lowest BCUT2D eigenvalue weighted by Gasteiger charge is -2.01. The molecule has 0 aliphatic heterocycles. The molecule has 1 amide bonds. The summed E-state index contributed by atoms with van der Waals surface area (Å²) in [4.78, 5) is 26.0. The van der Waals surface area contributed by atoms with Crippen LogP contribution in [0.5, 0.6) is 0 Å². The number of H-pyrrole nitrogens is 1. The first kappa shape index (κ1) is 14.3. The Labute approximate surface area is 117 Å². The fourth-order valence-electron chi connectivity index (χ4n) is 2.28. The molecule has 5 nitrogen and oxygen atoms in total. The highest BCUT2D eigenvalue weighted by Crippen LogP contribution is 2.23. The number of aromatic amines is 1. The molecule has 0 atom stereocenters. The highest BCUT2D eigenvalue weighted by Gasteiger charge is 2.10. The van der Waals surface area contributed by atoms with E-state index in [4.69, 9.17) is 5.11 Å². The SMILES string of the molecule is CC(=O)c1ccc2c(C)c(CCC(=O)NCO)[nH]c2c1. The van der Waals surface area contributed by atoms with Crippen LogP contribution in [0.3, 0.4) is 0 Å². The summed E-state index contributed by atoms with van der Waals surface area (Å²) < 4.78 is 0. The fraction of sp³-hybridized carbons (Fsp3) is 0.333. The number of hydrogen-bond acceptors (Lipinski definition) is 3. The minimum Gasteiger partial charge on any atom is -0.377 e. The van der Waals surface area contributed by atoms with Crippen LogP contribution in [0.25, 0.3) is 10.9 Å². The molecule has 5 heteroatoms. The van der Waals surface area contributed by atoms with E-state index in [0.717, 1.165) is 22.2 Å². The van der Waals surface area contributed by atoms with Crippen molar-refractivity contribution in [2.24, 2.45) is 0 Å². The second-order valence-electron chi connectivity index (χ2n) is 4.80. The van der Waals surface area contributed by atoms with E-state index in [9.17, 15) is 9.59 Å². The number of rotatable bonds is 5. The Bertz CT molecular complexity index is 658. The van der Waals surface area contributed by atoms with Crippen molar-refractivity contribution in [1.82, 2.24) is 10.3 Å². The van der Waals surface area contributed by atoms with Gasteiger partial charge in [-0.25, -0.2) is 0 Å². The first-order valence-electron chi connectivity index (χ1n) is 6.52. The van der Waals surface area contributed by atoms with E-state index in [1.807, 2.05) is 25.1 Å². The summed E-state index contributed by atoms with van der Waals surface area (Å²) in [5.74, 6) is -0.155. The molecule has 2 aromatic rings. The molecule has 3 N–H and O–H groups in total. The number of aromatic nitrogens is 1. The van der Waals surface area contributed by atoms with Gasteiger partial charge >= 0.3 is 0 Å². The van der Waals surface area contributed by atoms with Gasteiger partial charge < -0.3 is 15.4 Å². The van der Waals surface area contributed by atoms with Crippen molar-refractivity contribution in [3.8, 4) is 0 Å². The summed E-state index contributed by atoms with van der Waals surface area (Å²) in [5, 5.41) is 12.0. The second kappa shape index (κ2) is 5.88. The molecule has 106 valence electrons. The third-order valence-electron chi connectivity index (χ3n) is 3.45. The number of aliphatic hydroxyl groups excluding tert-OH is 1. The Balaban J connectivity index is 2.24. The van der Waals surface area contributed by atoms with Gasteiger partial charge in [0.25, 0.3) is 0 Å². The molecule has 0 aliphatic rings. The van der Waals surface area contributed by atoms with Crippen molar-refractivity contribution in [3.63, 3.8) is 0 Å². The van der Waals surface area contributed by atoms with Gasteiger partial charge in [0, 0.05) is 28.6 Å². The van der Waals surface area contributed by atoms with Gasteiger partial charge in [-0.2, -0.15) is 0 Å². The normalized spacial score (nSPS) is 10.8. The summed E-state index contributed by atoms with van der Waals surface area (Å²) in [5.41, 5.74) is 3.65. The molecule has 1 heterocycles. The van der Waals surface area contributed by atoms with Crippen LogP contribution in [0.15, 0.2) is 18.2 Å². The number of aliphatic hydroxyl groups is 1. The Morgan fingerprint density at radius 1 is 1.35 bits per heavy atom. The minimum atomic E-state index is -0.341. The van der Waals surface area contributed by atoms with Crippen LogP contribution in [-0.2, 0) is 11.2 Å². The number of nitrogens with one attached hydrogen (secondary N) is 2. The number of benzene rings is 1. The van der Waals surface area contributed by atoms with Crippen molar-refractivity contribution in [3.05, 3.63) is 35.0 Å². The first-order chi connectivity index (χ1) is 9.52. The van der Waals surface area contributed by atoms with Gasteiger partial charge in [0.15, 0.2) is 5.78 Å². The fourth-order valence-corrected chi connectivity index (χ4v) is 2.28. The summed E-state index contributed by atoms with van der Waals surface area (Å²) in [6, 6.07) is 5.57. The topological polar surface area (TPSA) is 82.2 Å². The van der Waals surface area contributed by atoms with Gasteiger partial charge in [-0.15, -0.1) is 0 Å². The predicted molar refractivity (Wildman–Crippen MR) is 76.6 cm³/mol. The first-order valence-corrected chi connectivity index (χ1v) is 6.52. The molecule has 0 bridgehead atoms. The lowest BCUT2D eigenvalue weighted by atomic mass is 10.1. The molecule has 0 saturated heterocycles. The van der Waals surface area contributed by atoms with E-state index in [1.165, 1.54) is 6.92 Å². The number of hydrogen-bond donors (Lipinski definition) is 3. The number of fused-ring (bicyclic) bond motifs is 1. The summed E-state index contributed by atoms with van der Waals surface area (Å²) in [6.45, 7) is 3.19.